The first-order valence-corrected chi connectivity index (χ1v) is 10.9. The van der Waals surface area contributed by atoms with Gasteiger partial charge in [-0.05, 0) is 29.8 Å². The number of amides is 1. The highest BCUT2D eigenvalue weighted by Crippen LogP contribution is 2.57. The molecule has 1 aliphatic rings. The van der Waals surface area contributed by atoms with Crippen LogP contribution in [-0.2, 0) is 14.3 Å². The molecule has 34 heavy (non-hydrogen) atoms. The van der Waals surface area contributed by atoms with Crippen molar-refractivity contribution in [3.8, 4) is 0 Å². The molecule has 2 unspecified atom stereocenters. The Hall–Kier alpha value is -2.39. The van der Waals surface area contributed by atoms with Gasteiger partial charge in [0.05, 0.1) is 30.7 Å². The van der Waals surface area contributed by atoms with Gasteiger partial charge in [0.2, 0.25) is 5.91 Å². The highest BCUT2D eigenvalue weighted by atomic mass is 35.5. The van der Waals surface area contributed by atoms with Gasteiger partial charge >= 0.3 is 12.1 Å². The second-order valence-corrected chi connectivity index (χ2v) is 8.50. The lowest BCUT2D eigenvalue weighted by molar-refractivity contribution is -0.142. The first kappa shape index (κ1) is 27.9. The number of methoxy groups -OCH3 is 1. The van der Waals surface area contributed by atoms with Gasteiger partial charge in [-0.2, -0.15) is 13.2 Å². The van der Waals surface area contributed by atoms with Gasteiger partial charge in [0, 0.05) is 29.7 Å². The lowest BCUT2D eigenvalue weighted by Crippen LogP contribution is -2.17. The highest BCUT2D eigenvalue weighted by Gasteiger charge is 2.60. The number of carbonyl (C=O) groups is 2. The summed E-state index contributed by atoms with van der Waals surface area (Å²) in [5.41, 5.74) is 0.318. The Morgan fingerprint density at radius 2 is 1.76 bits per heavy atom. The minimum atomic E-state index is -4.48. The number of alkyl halides is 5. The summed E-state index contributed by atoms with van der Waals surface area (Å²) in [6, 6.07) is 13.5. The Morgan fingerprint density at radius 1 is 1.15 bits per heavy atom. The van der Waals surface area contributed by atoms with Crippen molar-refractivity contribution >= 4 is 40.8 Å². The number of halogens is 7. The van der Waals surface area contributed by atoms with Crippen molar-refractivity contribution < 1.29 is 36.3 Å². The van der Waals surface area contributed by atoms with Gasteiger partial charge in [-0.3, -0.25) is 9.59 Å². The number of anilines is 1. The van der Waals surface area contributed by atoms with Gasteiger partial charge in [0.15, 0.2) is 0 Å². The fourth-order valence-corrected chi connectivity index (χ4v) is 3.49. The summed E-state index contributed by atoms with van der Waals surface area (Å²) >= 11 is 11.5. The van der Waals surface area contributed by atoms with E-state index in [1.807, 2.05) is 30.3 Å². The second kappa shape index (κ2) is 11.8. The summed E-state index contributed by atoms with van der Waals surface area (Å²) in [5.74, 6) is -6.42. The topological polar surface area (TPSA) is 55.4 Å². The van der Waals surface area contributed by atoms with Crippen molar-refractivity contribution in [1.29, 1.82) is 0 Å². The second-order valence-electron chi connectivity index (χ2n) is 7.66. The fraction of sp³-hybridized carbons (Fsp3) is 0.391. The molecule has 1 N–H and O–H groups in total. The van der Waals surface area contributed by atoms with E-state index in [0.29, 0.717) is 5.56 Å². The molecule has 0 aliphatic heterocycles. The third-order valence-electron chi connectivity index (χ3n) is 5.04. The predicted octanol–water partition coefficient (Wildman–Crippen LogP) is 7.26. The van der Waals surface area contributed by atoms with Crippen LogP contribution >= 0.6 is 23.2 Å². The molecular weight excluding hydrogens is 504 g/mol. The molecule has 0 radical (unpaired) electrons. The van der Waals surface area contributed by atoms with E-state index >= 15 is 0 Å². The van der Waals surface area contributed by atoms with Crippen LogP contribution in [0.2, 0.25) is 10.0 Å². The highest BCUT2D eigenvalue weighted by molar-refractivity contribution is 6.33. The monoisotopic (exact) mass is 525 g/mol. The number of ether oxygens (including phenoxy) is 1. The molecule has 1 saturated carbocycles. The molecule has 1 fully saturated rings. The predicted molar refractivity (Wildman–Crippen MR) is 119 cm³/mol. The maximum absolute atomic E-state index is 13.5. The Morgan fingerprint density at radius 3 is 2.24 bits per heavy atom. The summed E-state index contributed by atoms with van der Waals surface area (Å²) in [6.45, 7) is 0. The number of nitrogens with one attached hydrogen (secondary N) is 1. The zero-order valence-electron chi connectivity index (χ0n) is 18.0. The van der Waals surface area contributed by atoms with E-state index in [1.165, 1.54) is 18.2 Å². The molecule has 2 aromatic rings. The summed E-state index contributed by atoms with van der Waals surface area (Å²) in [4.78, 5) is 23.3. The zero-order chi connectivity index (χ0) is 25.5. The molecule has 1 amide bonds. The van der Waals surface area contributed by atoms with E-state index in [0.717, 1.165) is 12.1 Å². The van der Waals surface area contributed by atoms with Crippen molar-refractivity contribution in [3.63, 3.8) is 0 Å². The van der Waals surface area contributed by atoms with Crippen LogP contribution in [0, 0.1) is 5.92 Å². The number of benzene rings is 2. The Labute approximate surface area is 203 Å². The summed E-state index contributed by atoms with van der Waals surface area (Å²) in [5, 5.41) is 3.09. The molecule has 0 aromatic heterocycles. The third kappa shape index (κ3) is 9.10. The summed E-state index contributed by atoms with van der Waals surface area (Å²) < 4.78 is 68.2. The lowest BCUT2D eigenvalue weighted by atomic mass is 9.90. The van der Waals surface area contributed by atoms with E-state index in [1.54, 1.807) is 0 Å². The molecule has 2 aromatic carbocycles. The van der Waals surface area contributed by atoms with Crippen LogP contribution in [0.5, 0.6) is 0 Å². The van der Waals surface area contributed by atoms with E-state index in [-0.39, 0.29) is 23.6 Å². The molecular formula is C23H22Cl2F5NO3. The summed E-state index contributed by atoms with van der Waals surface area (Å²) in [7, 11) is 1.14. The van der Waals surface area contributed by atoms with Gasteiger partial charge in [-0.25, -0.2) is 8.78 Å². The average Bonchev–Trinajstić information content (AvgIpc) is 3.40. The quantitative estimate of drug-likeness (QED) is 0.305. The van der Waals surface area contributed by atoms with Crippen LogP contribution in [-0.4, -0.2) is 31.1 Å². The molecule has 0 saturated heterocycles. The lowest BCUT2D eigenvalue weighted by Gasteiger charge is -2.18. The Balaban J connectivity index is 0.000000497. The maximum atomic E-state index is 13.5. The van der Waals surface area contributed by atoms with Crippen LogP contribution in [0.25, 0.3) is 0 Å². The smallest absolute Gasteiger partial charge is 0.389 e. The Bertz CT molecular complexity index is 986. The Kier molecular flexibility index (Phi) is 9.70. The number of esters is 1. The number of hydrogen-bond acceptors (Lipinski definition) is 3. The van der Waals surface area contributed by atoms with Gasteiger partial charge in [-0.1, -0.05) is 47.5 Å². The van der Waals surface area contributed by atoms with E-state index < -0.39 is 48.7 Å². The zero-order valence-corrected chi connectivity index (χ0v) is 19.5. The largest absolute Gasteiger partial charge is 0.469 e. The molecule has 0 heterocycles. The standard InChI is InChI=1S/C17H17ClF5NO3.C6H5Cl/c1-27-15(26)7-10(11-8-16(11,19)20)9-2-3-12(18)13(6-9)24-14(25)4-5-17(21,22)23;7-6-4-2-1-3-5-6/h2-3,6,10-11H,4-5,7-8H2,1H3,(H,24,25);1-5H. The number of hydrogen-bond donors (Lipinski definition) is 1. The SMILES string of the molecule is COC(=O)CC(c1ccc(Cl)c(NC(=O)CCC(F)(F)F)c1)C1CC1(F)F.Clc1ccccc1. The van der Waals surface area contributed by atoms with Crippen molar-refractivity contribution in [3.05, 3.63) is 64.1 Å². The van der Waals surface area contributed by atoms with Crippen molar-refractivity contribution in [2.24, 2.45) is 5.92 Å². The normalized spacial score (nSPS) is 17.1. The van der Waals surface area contributed by atoms with Crippen LogP contribution in [0.4, 0.5) is 27.6 Å². The molecule has 3 rings (SSSR count). The van der Waals surface area contributed by atoms with Crippen molar-refractivity contribution in [2.45, 2.75) is 43.7 Å². The van der Waals surface area contributed by atoms with Gasteiger partial charge in [0.25, 0.3) is 5.92 Å². The van der Waals surface area contributed by atoms with E-state index in [9.17, 15) is 31.5 Å². The average molecular weight is 526 g/mol. The number of carbonyl (C=O) groups excluding carboxylic acids is 2. The first-order valence-electron chi connectivity index (χ1n) is 10.1. The van der Waals surface area contributed by atoms with Gasteiger partial charge < -0.3 is 10.1 Å². The van der Waals surface area contributed by atoms with Crippen LogP contribution in [0.15, 0.2) is 48.5 Å². The van der Waals surface area contributed by atoms with Crippen molar-refractivity contribution in [2.75, 3.05) is 12.4 Å². The van der Waals surface area contributed by atoms with Crippen LogP contribution in [0.3, 0.4) is 0 Å². The molecule has 0 bridgehead atoms. The molecule has 4 nitrogen and oxygen atoms in total. The minimum absolute atomic E-state index is 0.000160. The van der Waals surface area contributed by atoms with E-state index in [4.69, 9.17) is 23.2 Å². The van der Waals surface area contributed by atoms with Crippen LogP contribution < -0.4 is 5.32 Å². The molecule has 2 atom stereocenters. The maximum Gasteiger partial charge on any atom is 0.389 e. The summed E-state index contributed by atoms with van der Waals surface area (Å²) in [6.07, 6.45) is -7.25. The van der Waals surface area contributed by atoms with Gasteiger partial charge in [0.1, 0.15) is 0 Å². The fourth-order valence-electron chi connectivity index (χ4n) is 3.18. The third-order valence-corrected chi connectivity index (χ3v) is 5.62. The van der Waals surface area contributed by atoms with Crippen molar-refractivity contribution in [1.82, 2.24) is 0 Å². The minimum Gasteiger partial charge on any atom is -0.469 e. The van der Waals surface area contributed by atoms with Gasteiger partial charge in [-0.15, -0.1) is 0 Å². The number of rotatable bonds is 7. The molecule has 11 heteroatoms. The molecule has 0 spiro atoms. The van der Waals surface area contributed by atoms with E-state index in [2.05, 4.69) is 10.1 Å². The molecule has 186 valence electrons. The molecule has 1 aliphatic carbocycles. The van der Waals surface area contributed by atoms with Crippen LogP contribution in [0.1, 0.15) is 37.2 Å². The first-order chi connectivity index (χ1) is 15.8.